The summed E-state index contributed by atoms with van der Waals surface area (Å²) in [6.45, 7) is 2.46. The van der Waals surface area contributed by atoms with E-state index in [0.717, 1.165) is 25.7 Å². The number of ether oxygens (including phenoxy) is 4. The first-order chi connectivity index (χ1) is 6.87. The Hall–Kier alpha value is -0.160. The number of rotatable bonds is 0. The van der Waals surface area contributed by atoms with Crippen LogP contribution in [0.15, 0.2) is 0 Å². The van der Waals surface area contributed by atoms with Crippen LogP contribution in [0.3, 0.4) is 0 Å². The monoisotopic (exact) mass is 200 g/mol. The lowest BCUT2D eigenvalue weighted by molar-refractivity contribution is -0.473. The molecule has 3 rings (SSSR count). The summed E-state index contributed by atoms with van der Waals surface area (Å²) < 4.78 is 23.2. The van der Waals surface area contributed by atoms with Gasteiger partial charge in [-0.2, -0.15) is 0 Å². The maximum atomic E-state index is 5.79. The van der Waals surface area contributed by atoms with Crippen molar-refractivity contribution < 1.29 is 18.9 Å². The van der Waals surface area contributed by atoms with Crippen LogP contribution in [0.2, 0.25) is 0 Å². The van der Waals surface area contributed by atoms with E-state index >= 15 is 0 Å². The smallest absolute Gasteiger partial charge is 0.223 e. The van der Waals surface area contributed by atoms with Crippen LogP contribution in [0, 0.1) is 0 Å². The van der Waals surface area contributed by atoms with E-state index in [2.05, 4.69) is 0 Å². The Morgan fingerprint density at radius 2 is 0.929 bits per heavy atom. The highest BCUT2D eigenvalue weighted by molar-refractivity contribution is 4.96. The summed E-state index contributed by atoms with van der Waals surface area (Å²) in [5.74, 6) is -1.19. The minimum atomic E-state index is -0.595. The van der Waals surface area contributed by atoms with Gasteiger partial charge in [0.25, 0.3) is 0 Å². The molecule has 0 aromatic heterocycles. The summed E-state index contributed by atoms with van der Waals surface area (Å²) >= 11 is 0. The van der Waals surface area contributed by atoms with Crippen molar-refractivity contribution in [1.82, 2.24) is 0 Å². The van der Waals surface area contributed by atoms with Crippen LogP contribution in [0.25, 0.3) is 0 Å². The van der Waals surface area contributed by atoms with E-state index < -0.39 is 11.6 Å². The van der Waals surface area contributed by atoms with Gasteiger partial charge < -0.3 is 18.9 Å². The Labute approximate surface area is 83.5 Å². The predicted octanol–water partition coefficient (Wildman–Crippen LogP) is 1.05. The van der Waals surface area contributed by atoms with Crippen LogP contribution in [0.4, 0.5) is 0 Å². The lowest BCUT2D eigenvalue weighted by Gasteiger charge is -2.55. The Morgan fingerprint density at radius 3 is 1.29 bits per heavy atom. The fourth-order valence-electron chi connectivity index (χ4n) is 2.73. The molecule has 4 nitrogen and oxygen atoms in total. The highest BCUT2D eigenvalue weighted by atomic mass is 16.8. The molecule has 80 valence electrons. The van der Waals surface area contributed by atoms with Crippen molar-refractivity contribution in [2.24, 2.45) is 0 Å². The molecule has 2 saturated heterocycles. The van der Waals surface area contributed by atoms with Crippen LogP contribution in [-0.2, 0) is 18.9 Å². The standard InChI is InChI=1S/C10H16O4/c1-2-4-10-9(3-1,11-5-7-13-10)12-6-8-14-10/h1-8H2. The van der Waals surface area contributed by atoms with Crippen LogP contribution < -0.4 is 0 Å². The van der Waals surface area contributed by atoms with Gasteiger partial charge in [0.1, 0.15) is 0 Å². The zero-order chi connectivity index (χ0) is 9.49. The summed E-state index contributed by atoms with van der Waals surface area (Å²) in [5.41, 5.74) is 0. The second-order valence-electron chi connectivity index (χ2n) is 4.11. The molecule has 0 aromatic rings. The molecular weight excluding hydrogens is 184 g/mol. The van der Waals surface area contributed by atoms with Crippen LogP contribution >= 0.6 is 0 Å². The van der Waals surface area contributed by atoms with Gasteiger partial charge in [-0.05, 0) is 12.8 Å². The van der Waals surface area contributed by atoms with Gasteiger partial charge in [0, 0.05) is 12.8 Å². The Balaban J connectivity index is 1.94. The van der Waals surface area contributed by atoms with Crippen molar-refractivity contribution in [3.8, 4) is 0 Å². The second-order valence-corrected chi connectivity index (χ2v) is 4.11. The molecule has 0 unspecified atom stereocenters. The van der Waals surface area contributed by atoms with E-state index in [0.29, 0.717) is 26.4 Å². The van der Waals surface area contributed by atoms with Gasteiger partial charge in [-0.15, -0.1) is 0 Å². The maximum absolute atomic E-state index is 5.79. The van der Waals surface area contributed by atoms with Gasteiger partial charge >= 0.3 is 0 Å². The number of hydrogen-bond acceptors (Lipinski definition) is 4. The molecular formula is C10H16O4. The SMILES string of the molecule is C1CCC23OCCOC2(C1)OCCO3. The molecule has 0 radical (unpaired) electrons. The first-order valence-electron chi connectivity index (χ1n) is 5.43. The fourth-order valence-corrected chi connectivity index (χ4v) is 2.73. The van der Waals surface area contributed by atoms with E-state index in [1.165, 1.54) is 0 Å². The van der Waals surface area contributed by atoms with Crippen molar-refractivity contribution >= 4 is 0 Å². The van der Waals surface area contributed by atoms with Gasteiger partial charge in [-0.25, -0.2) is 0 Å². The zero-order valence-corrected chi connectivity index (χ0v) is 8.29. The van der Waals surface area contributed by atoms with Crippen LogP contribution in [0.1, 0.15) is 25.7 Å². The minimum absolute atomic E-state index is 0.595. The molecule has 2 heterocycles. The molecule has 4 heteroatoms. The molecule has 0 bridgehead atoms. The van der Waals surface area contributed by atoms with Gasteiger partial charge in [0.2, 0.25) is 11.6 Å². The Kier molecular flexibility index (Phi) is 2.06. The molecule has 0 amide bonds. The van der Waals surface area contributed by atoms with Crippen LogP contribution in [0.5, 0.6) is 0 Å². The van der Waals surface area contributed by atoms with E-state index in [4.69, 9.17) is 18.9 Å². The lowest BCUT2D eigenvalue weighted by atomic mass is 9.86. The van der Waals surface area contributed by atoms with E-state index in [-0.39, 0.29) is 0 Å². The first kappa shape index (κ1) is 9.09. The number of hydrogen-bond donors (Lipinski definition) is 0. The van der Waals surface area contributed by atoms with Crippen molar-refractivity contribution in [2.75, 3.05) is 26.4 Å². The Morgan fingerprint density at radius 1 is 0.571 bits per heavy atom. The lowest BCUT2D eigenvalue weighted by Crippen LogP contribution is -2.68. The van der Waals surface area contributed by atoms with E-state index in [1.807, 2.05) is 0 Å². The van der Waals surface area contributed by atoms with Gasteiger partial charge in [-0.1, -0.05) is 0 Å². The summed E-state index contributed by atoms with van der Waals surface area (Å²) in [6.07, 6.45) is 4.06. The van der Waals surface area contributed by atoms with Gasteiger partial charge in [0.15, 0.2) is 0 Å². The summed E-state index contributed by atoms with van der Waals surface area (Å²) in [7, 11) is 0. The quantitative estimate of drug-likeness (QED) is 0.585. The van der Waals surface area contributed by atoms with E-state index in [1.54, 1.807) is 0 Å². The highest BCUT2D eigenvalue weighted by Gasteiger charge is 2.61. The van der Waals surface area contributed by atoms with Crippen molar-refractivity contribution in [3.63, 3.8) is 0 Å². The van der Waals surface area contributed by atoms with Crippen molar-refractivity contribution in [2.45, 2.75) is 37.3 Å². The molecule has 3 aliphatic rings. The third-order valence-electron chi connectivity index (χ3n) is 3.35. The topological polar surface area (TPSA) is 36.9 Å². The molecule has 0 atom stereocenters. The molecule has 0 N–H and O–H groups in total. The van der Waals surface area contributed by atoms with Crippen LogP contribution in [-0.4, -0.2) is 38.0 Å². The average molecular weight is 200 g/mol. The first-order valence-corrected chi connectivity index (χ1v) is 5.43. The molecule has 1 saturated carbocycles. The molecule has 2 aliphatic heterocycles. The average Bonchev–Trinajstić information content (AvgIpc) is 2.27. The predicted molar refractivity (Wildman–Crippen MR) is 47.7 cm³/mol. The molecule has 14 heavy (non-hydrogen) atoms. The minimum Gasteiger partial charge on any atom is -0.343 e. The van der Waals surface area contributed by atoms with E-state index in [9.17, 15) is 0 Å². The zero-order valence-electron chi connectivity index (χ0n) is 8.29. The second kappa shape index (κ2) is 3.17. The molecule has 0 spiro atoms. The summed E-state index contributed by atoms with van der Waals surface area (Å²) in [6, 6.07) is 0. The molecule has 1 aliphatic carbocycles. The van der Waals surface area contributed by atoms with Gasteiger partial charge in [0.05, 0.1) is 26.4 Å². The largest absolute Gasteiger partial charge is 0.343 e. The summed E-state index contributed by atoms with van der Waals surface area (Å²) in [4.78, 5) is 0. The highest BCUT2D eigenvalue weighted by Crippen LogP contribution is 2.47. The maximum Gasteiger partial charge on any atom is 0.223 e. The van der Waals surface area contributed by atoms with Crippen molar-refractivity contribution in [1.29, 1.82) is 0 Å². The van der Waals surface area contributed by atoms with Crippen molar-refractivity contribution in [3.05, 3.63) is 0 Å². The normalized spacial score (nSPS) is 48.0. The molecule has 0 aromatic carbocycles. The fraction of sp³-hybridized carbons (Fsp3) is 1.00. The van der Waals surface area contributed by atoms with Gasteiger partial charge in [-0.3, -0.25) is 0 Å². The Bertz CT molecular complexity index is 170. The molecule has 3 fully saturated rings. The summed E-state index contributed by atoms with van der Waals surface area (Å²) in [5, 5.41) is 0. The third-order valence-corrected chi connectivity index (χ3v) is 3.35. The third kappa shape index (κ3) is 1.08.